The minimum absolute atomic E-state index is 0.0510. The van der Waals surface area contributed by atoms with Crippen LogP contribution in [-0.4, -0.2) is 61.6 Å². The molecule has 586 valence electrons. The van der Waals surface area contributed by atoms with Crippen LogP contribution in [0.2, 0.25) is 10.0 Å². The molecule has 0 atom stereocenters. The van der Waals surface area contributed by atoms with E-state index >= 15 is 0 Å². The van der Waals surface area contributed by atoms with Gasteiger partial charge < -0.3 is 46.6 Å². The number of nitrogens with zero attached hydrogens (tertiary/aromatic N) is 5. The zero-order chi connectivity index (χ0) is 81.6. The van der Waals surface area contributed by atoms with Gasteiger partial charge in [-0.05, 0) is 235 Å². The Morgan fingerprint density at radius 2 is 0.534 bits per heavy atom. The second kappa shape index (κ2) is 32.2. The minimum atomic E-state index is 0.0510. The number of halogens is 2. The molecule has 0 fully saturated rings. The van der Waals surface area contributed by atoms with Crippen molar-refractivity contribution in [2.75, 3.05) is 57.2 Å². The number of anilines is 5. The quantitative estimate of drug-likeness (QED) is 0.118. The number of carbonyl (C=O) groups is 5. The van der Waals surface area contributed by atoms with Crippen molar-refractivity contribution >= 4 is 249 Å². The standard InChI is InChI=1S/C20H19NO2S.2C19H17NO2S.2C18H14ClNO2S/c1-5-21-18(10-13(4)22)24-17-7-6-15-19(20(17)21)14-8-11(2)12(3)9-16(14)23-15;1-4-20-17(10-12(3)21)23-16-8-7-15-18(19(16)20)13-9-11(2)5-6-14(13)22-15;1-4-20-17(10-12(3)21)23-16-8-7-14-18(19(16)20)13-6-5-11(2)9-15(13)22-14;1-3-20-16(8-10(2)21)23-15-7-6-14-17(18(15)20)12-9-11(19)4-5-13(12)22-14;1-3-20-16(8-10(2)21)23-15-7-6-13-17(18(15)20)12-5-4-11(19)9-14(12)22-13/h6-10H,5H2,1-4H3;2*5-10H,4H2,1-3H3;2*4-9H,3H2,1-2H3/b18-10-;2*17-10-;2*16-8-. The Labute approximate surface area is 701 Å². The second-order valence-corrected chi connectivity index (χ2v) is 35.0. The Hall–Kier alpha value is -10.4. The highest BCUT2D eigenvalue weighted by Gasteiger charge is 2.35. The summed E-state index contributed by atoms with van der Waals surface area (Å²) in [5.41, 5.74) is 19.3. The lowest BCUT2D eigenvalue weighted by Gasteiger charge is -2.18. The molecule has 15 nitrogen and oxygen atoms in total. The smallest absolute Gasteiger partial charge is 0.155 e. The van der Waals surface area contributed by atoms with E-state index in [0.717, 1.165) is 206 Å². The first-order valence-corrected chi connectivity index (χ1v) is 43.2. The van der Waals surface area contributed by atoms with Crippen molar-refractivity contribution in [2.45, 2.75) is 121 Å². The summed E-state index contributed by atoms with van der Waals surface area (Å²) in [6.45, 7) is 30.8. The first-order chi connectivity index (χ1) is 55.8. The summed E-state index contributed by atoms with van der Waals surface area (Å²) in [5.74, 6) is 0.322. The van der Waals surface area contributed by atoms with Crippen LogP contribution in [0.5, 0.6) is 0 Å². The second-order valence-electron chi connectivity index (χ2n) is 28.8. The molecule has 10 heterocycles. The number of carbonyl (C=O) groups excluding carboxylic acids is 5. The molecule has 0 aliphatic carbocycles. The number of ketones is 5. The molecule has 0 unspecified atom stereocenters. The zero-order valence-corrected chi connectivity index (χ0v) is 72.0. The van der Waals surface area contributed by atoms with Crippen LogP contribution in [-0.2, 0) is 24.0 Å². The van der Waals surface area contributed by atoms with Gasteiger partial charge in [-0.3, -0.25) is 24.0 Å². The van der Waals surface area contributed by atoms with Crippen LogP contribution < -0.4 is 24.5 Å². The summed E-state index contributed by atoms with van der Waals surface area (Å²) in [4.78, 5) is 74.5. The van der Waals surface area contributed by atoms with E-state index in [-0.39, 0.29) is 28.9 Å². The van der Waals surface area contributed by atoms with Crippen molar-refractivity contribution < 1.29 is 46.1 Å². The molecule has 0 bridgehead atoms. The fourth-order valence-electron chi connectivity index (χ4n) is 15.7. The summed E-state index contributed by atoms with van der Waals surface area (Å²) >= 11 is 20.5. The predicted octanol–water partition coefficient (Wildman–Crippen LogP) is 27.3. The van der Waals surface area contributed by atoms with Gasteiger partial charge in [0.1, 0.15) is 55.8 Å². The van der Waals surface area contributed by atoms with E-state index in [2.05, 4.69) is 160 Å². The molecule has 0 spiro atoms. The molecule has 20 rings (SSSR count). The first kappa shape index (κ1) is 79.4. The normalized spacial score (nSPS) is 15.8. The number of hydrogen-bond donors (Lipinski definition) is 0. The predicted molar refractivity (Wildman–Crippen MR) is 486 cm³/mol. The fraction of sp³-hybridized carbons (Fsp3) is 0.202. The van der Waals surface area contributed by atoms with Crippen LogP contribution in [0.4, 0.5) is 28.4 Å². The van der Waals surface area contributed by atoms with Crippen molar-refractivity contribution in [3.05, 3.63) is 233 Å². The van der Waals surface area contributed by atoms with Crippen LogP contribution in [0.15, 0.2) is 248 Å². The molecule has 10 aromatic carbocycles. The average molecular weight is 1670 g/mol. The summed E-state index contributed by atoms with van der Waals surface area (Å²) in [7, 11) is 0. The van der Waals surface area contributed by atoms with Crippen LogP contribution >= 0.6 is 82.0 Å². The zero-order valence-electron chi connectivity index (χ0n) is 66.4. The van der Waals surface area contributed by atoms with E-state index in [9.17, 15) is 24.0 Å². The number of hydrogen-bond acceptors (Lipinski definition) is 20. The maximum absolute atomic E-state index is 11.6. The molecule has 0 saturated carbocycles. The molecule has 0 radical (unpaired) electrons. The van der Waals surface area contributed by atoms with Crippen molar-refractivity contribution in [3.8, 4) is 0 Å². The lowest BCUT2D eigenvalue weighted by molar-refractivity contribution is -0.113. The van der Waals surface area contributed by atoms with E-state index in [0.29, 0.717) is 10.0 Å². The highest BCUT2D eigenvalue weighted by Crippen LogP contribution is 2.57. The number of allylic oxidation sites excluding steroid dienone is 5. The van der Waals surface area contributed by atoms with E-state index < -0.39 is 0 Å². The van der Waals surface area contributed by atoms with Gasteiger partial charge in [0.2, 0.25) is 0 Å². The van der Waals surface area contributed by atoms with Crippen LogP contribution in [0.1, 0.15) is 91.5 Å². The van der Waals surface area contributed by atoms with Crippen molar-refractivity contribution in [1.29, 1.82) is 0 Å². The van der Waals surface area contributed by atoms with Gasteiger partial charge in [-0.15, -0.1) is 0 Å². The number of thioether (sulfide) groups is 5. The molecular formula is C94H81Cl2N5O10S5. The Kier molecular flexibility index (Phi) is 22.1. The lowest BCUT2D eigenvalue weighted by Crippen LogP contribution is -2.17. The SMILES string of the molecule is CCN1/C(=C/C(C)=O)Sc2ccc3oc4cc(C)c(C)cc4c3c21.CCN1/C(=C/C(C)=O)Sc2ccc3oc4cc(C)ccc4c3c21.CCN1/C(=C/C(C)=O)Sc2ccc3oc4cc(Cl)ccc4c3c21.CCN1/C(=C/C(C)=O)Sc2ccc3oc4ccc(C)cc4c3c21.CCN1/C(=C/C(C)=O)Sc2ccc3oc4ccc(Cl)cc4c3c21. The van der Waals surface area contributed by atoms with Gasteiger partial charge in [-0.1, -0.05) is 106 Å². The van der Waals surface area contributed by atoms with E-state index in [4.69, 9.17) is 45.3 Å². The van der Waals surface area contributed by atoms with Crippen molar-refractivity contribution in [3.63, 3.8) is 0 Å². The maximum atomic E-state index is 11.6. The van der Waals surface area contributed by atoms with Crippen molar-refractivity contribution in [2.24, 2.45) is 0 Å². The molecule has 5 aliphatic rings. The molecule has 15 aromatic rings. The minimum Gasteiger partial charge on any atom is -0.456 e. The summed E-state index contributed by atoms with van der Waals surface area (Å²) in [6.07, 6.45) is 8.53. The van der Waals surface area contributed by atoms with Crippen LogP contribution in [0.3, 0.4) is 0 Å². The molecule has 0 N–H and O–H groups in total. The van der Waals surface area contributed by atoms with Gasteiger partial charge in [0.15, 0.2) is 28.9 Å². The summed E-state index contributed by atoms with van der Waals surface area (Å²) in [6, 6.07) is 48.7. The van der Waals surface area contributed by atoms with Gasteiger partial charge in [-0.25, -0.2) is 0 Å². The Bertz CT molecular complexity index is 6530. The summed E-state index contributed by atoms with van der Waals surface area (Å²) < 4.78 is 30.1. The monoisotopic (exact) mass is 1670 g/mol. The van der Waals surface area contributed by atoms with Crippen LogP contribution in [0.25, 0.3) is 110 Å². The van der Waals surface area contributed by atoms with E-state index in [1.807, 2.05) is 72.8 Å². The van der Waals surface area contributed by atoms with E-state index in [1.165, 1.54) is 36.9 Å². The Morgan fingerprint density at radius 3 is 0.888 bits per heavy atom. The van der Waals surface area contributed by atoms with Crippen LogP contribution in [0, 0.1) is 27.7 Å². The molecule has 0 amide bonds. The third-order valence-corrected chi connectivity index (χ3v) is 26.6. The highest BCUT2D eigenvalue weighted by molar-refractivity contribution is 8.04. The van der Waals surface area contributed by atoms with Gasteiger partial charge in [0, 0.05) is 131 Å². The van der Waals surface area contributed by atoms with E-state index in [1.54, 1.807) is 124 Å². The van der Waals surface area contributed by atoms with Crippen molar-refractivity contribution in [1.82, 2.24) is 0 Å². The number of benzene rings is 10. The van der Waals surface area contributed by atoms with Gasteiger partial charge in [0.05, 0.1) is 80.5 Å². The molecule has 5 aliphatic heterocycles. The topological polar surface area (TPSA) is 167 Å². The molecule has 0 saturated heterocycles. The molecule has 116 heavy (non-hydrogen) atoms. The highest BCUT2D eigenvalue weighted by atomic mass is 35.5. The number of furan rings is 5. The van der Waals surface area contributed by atoms with Gasteiger partial charge in [0.25, 0.3) is 0 Å². The maximum Gasteiger partial charge on any atom is 0.155 e. The molecule has 5 aromatic heterocycles. The molecule has 22 heteroatoms. The molecular weight excluding hydrogens is 1590 g/mol. The number of fused-ring (bicyclic) bond motifs is 25. The third-order valence-electron chi connectivity index (χ3n) is 20.7. The largest absolute Gasteiger partial charge is 0.456 e. The third kappa shape index (κ3) is 14.7. The number of aryl methyl sites for hydroxylation is 4. The average Bonchev–Trinajstić information content (AvgIpc) is 1.61. The Balaban J connectivity index is 0.000000109. The van der Waals surface area contributed by atoms with Gasteiger partial charge in [-0.2, -0.15) is 0 Å². The number of rotatable bonds is 10. The lowest BCUT2D eigenvalue weighted by atomic mass is 10.0. The first-order valence-electron chi connectivity index (χ1n) is 38.4. The fourth-order valence-corrected chi connectivity index (χ4v) is 22.2. The Morgan fingerprint density at radius 1 is 0.284 bits per heavy atom. The van der Waals surface area contributed by atoms with Gasteiger partial charge >= 0.3 is 0 Å². The summed E-state index contributed by atoms with van der Waals surface area (Å²) in [5, 5.41) is 17.3.